The third-order valence-corrected chi connectivity index (χ3v) is 4.64. The Bertz CT molecular complexity index is 1000. The minimum atomic E-state index is -0.502. The number of hydrogen-bond acceptors (Lipinski definition) is 4. The molecule has 0 bridgehead atoms. The molecule has 122 valence electrons. The summed E-state index contributed by atoms with van der Waals surface area (Å²) in [6, 6.07) is 11.7. The van der Waals surface area contributed by atoms with E-state index in [0.29, 0.717) is 31.8 Å². The molecule has 0 saturated heterocycles. The van der Waals surface area contributed by atoms with E-state index in [9.17, 15) is 9.59 Å². The van der Waals surface area contributed by atoms with Gasteiger partial charge in [0.25, 0.3) is 5.56 Å². The Balaban J connectivity index is 2.29. The number of amides is 1. The van der Waals surface area contributed by atoms with Crippen LogP contribution >= 0.6 is 35.0 Å². The Labute approximate surface area is 151 Å². The smallest absolute Gasteiger partial charge is 0.266 e. The van der Waals surface area contributed by atoms with Crippen LogP contribution in [-0.4, -0.2) is 21.2 Å². The van der Waals surface area contributed by atoms with Gasteiger partial charge in [0.1, 0.15) is 0 Å². The predicted octanol–water partition coefficient (Wildman–Crippen LogP) is 3.27. The molecule has 0 radical (unpaired) electrons. The van der Waals surface area contributed by atoms with Crippen LogP contribution in [0.5, 0.6) is 0 Å². The van der Waals surface area contributed by atoms with Gasteiger partial charge in [0.15, 0.2) is 5.16 Å². The molecule has 1 aromatic heterocycles. The second-order valence-electron chi connectivity index (χ2n) is 4.93. The van der Waals surface area contributed by atoms with E-state index in [2.05, 4.69) is 4.98 Å². The highest BCUT2D eigenvalue weighted by molar-refractivity contribution is 7.99. The van der Waals surface area contributed by atoms with Gasteiger partial charge in [-0.25, -0.2) is 4.98 Å². The van der Waals surface area contributed by atoms with Crippen molar-refractivity contribution in [1.82, 2.24) is 9.55 Å². The number of benzene rings is 2. The predicted molar refractivity (Wildman–Crippen MR) is 97.3 cm³/mol. The molecule has 1 heterocycles. The second kappa shape index (κ2) is 6.84. The van der Waals surface area contributed by atoms with Gasteiger partial charge in [-0.1, -0.05) is 41.0 Å². The van der Waals surface area contributed by atoms with Crippen LogP contribution in [0.1, 0.15) is 0 Å². The molecular formula is C16H11Cl2N3O2S. The SMILES string of the molecule is NC(=O)CSc1nc2cc(Cl)ccc2c(=O)n1-c1cccc(Cl)c1. The lowest BCUT2D eigenvalue weighted by Gasteiger charge is -2.13. The standard InChI is InChI=1S/C16H11Cl2N3O2S/c17-9-2-1-3-11(6-9)21-15(23)12-5-4-10(18)7-13(12)20-16(21)24-8-14(19)22/h1-7H,8H2,(H2,19,22). The van der Waals surface area contributed by atoms with Gasteiger partial charge < -0.3 is 5.73 Å². The molecule has 2 aromatic carbocycles. The van der Waals surface area contributed by atoms with Crippen molar-refractivity contribution in [3.05, 3.63) is 62.9 Å². The van der Waals surface area contributed by atoms with Crippen molar-refractivity contribution in [3.63, 3.8) is 0 Å². The van der Waals surface area contributed by atoms with E-state index < -0.39 is 5.91 Å². The van der Waals surface area contributed by atoms with Crippen molar-refractivity contribution < 1.29 is 4.79 Å². The first-order valence-corrected chi connectivity index (χ1v) is 8.59. The highest BCUT2D eigenvalue weighted by atomic mass is 35.5. The fourth-order valence-electron chi connectivity index (χ4n) is 2.21. The zero-order valence-electron chi connectivity index (χ0n) is 12.2. The maximum absolute atomic E-state index is 12.9. The number of nitrogens with two attached hydrogens (primary N) is 1. The van der Waals surface area contributed by atoms with Crippen LogP contribution in [-0.2, 0) is 4.79 Å². The molecule has 3 rings (SSSR count). The molecular weight excluding hydrogens is 369 g/mol. The molecule has 8 heteroatoms. The lowest BCUT2D eigenvalue weighted by atomic mass is 10.2. The summed E-state index contributed by atoms with van der Waals surface area (Å²) in [5, 5.41) is 1.72. The van der Waals surface area contributed by atoms with Gasteiger partial charge in [-0.05, 0) is 36.4 Å². The molecule has 0 unspecified atom stereocenters. The topological polar surface area (TPSA) is 78.0 Å². The molecule has 0 aliphatic carbocycles. The summed E-state index contributed by atoms with van der Waals surface area (Å²) in [4.78, 5) is 28.5. The van der Waals surface area contributed by atoms with Crippen molar-refractivity contribution in [2.75, 3.05) is 5.75 Å². The minimum absolute atomic E-state index is 0.000915. The van der Waals surface area contributed by atoms with Crippen molar-refractivity contribution in [3.8, 4) is 5.69 Å². The molecule has 2 N–H and O–H groups in total. The molecule has 24 heavy (non-hydrogen) atoms. The number of thioether (sulfide) groups is 1. The monoisotopic (exact) mass is 379 g/mol. The Morgan fingerprint density at radius 3 is 2.62 bits per heavy atom. The quantitative estimate of drug-likeness (QED) is 0.557. The maximum Gasteiger partial charge on any atom is 0.266 e. The first-order valence-electron chi connectivity index (χ1n) is 6.85. The summed E-state index contributed by atoms with van der Waals surface area (Å²) in [5.41, 5.74) is 5.95. The molecule has 1 amide bonds. The third kappa shape index (κ3) is 3.40. The molecule has 5 nitrogen and oxygen atoms in total. The van der Waals surface area contributed by atoms with Crippen LogP contribution in [0.25, 0.3) is 16.6 Å². The van der Waals surface area contributed by atoms with Crippen LogP contribution in [0.4, 0.5) is 0 Å². The molecule has 0 aliphatic heterocycles. The first kappa shape index (κ1) is 16.8. The Hall–Kier alpha value is -2.02. The maximum atomic E-state index is 12.9. The number of carbonyl (C=O) groups is 1. The summed E-state index contributed by atoms with van der Waals surface area (Å²) < 4.78 is 1.41. The molecule has 0 aliphatic rings. The van der Waals surface area contributed by atoms with E-state index in [1.165, 1.54) is 4.57 Å². The summed E-state index contributed by atoms with van der Waals surface area (Å²) in [7, 11) is 0. The summed E-state index contributed by atoms with van der Waals surface area (Å²) >= 11 is 13.1. The van der Waals surface area contributed by atoms with Crippen LogP contribution < -0.4 is 11.3 Å². The zero-order valence-corrected chi connectivity index (χ0v) is 14.5. The number of nitrogens with zero attached hydrogens (tertiary/aromatic N) is 2. The van der Waals surface area contributed by atoms with Crippen molar-refractivity contribution in [1.29, 1.82) is 0 Å². The summed E-state index contributed by atoms with van der Waals surface area (Å²) in [6.07, 6.45) is 0. The van der Waals surface area contributed by atoms with E-state index >= 15 is 0 Å². The van der Waals surface area contributed by atoms with Gasteiger partial charge in [0.05, 0.1) is 22.3 Å². The van der Waals surface area contributed by atoms with E-state index in [0.717, 1.165) is 11.8 Å². The second-order valence-corrected chi connectivity index (χ2v) is 6.75. The number of aromatic nitrogens is 2. The fraction of sp³-hybridized carbons (Fsp3) is 0.0625. The summed E-state index contributed by atoms with van der Waals surface area (Å²) in [6.45, 7) is 0. The average Bonchev–Trinajstić information content (AvgIpc) is 2.52. The highest BCUT2D eigenvalue weighted by Gasteiger charge is 2.14. The van der Waals surface area contributed by atoms with E-state index in [-0.39, 0.29) is 11.3 Å². The number of fused-ring (bicyclic) bond motifs is 1. The van der Waals surface area contributed by atoms with Gasteiger partial charge in [-0.3, -0.25) is 14.2 Å². The van der Waals surface area contributed by atoms with Gasteiger partial charge in [-0.15, -0.1) is 0 Å². The van der Waals surface area contributed by atoms with Gasteiger partial charge in [-0.2, -0.15) is 0 Å². The van der Waals surface area contributed by atoms with Crippen LogP contribution in [0.3, 0.4) is 0 Å². The number of halogens is 2. The van der Waals surface area contributed by atoms with Gasteiger partial charge in [0, 0.05) is 10.0 Å². The van der Waals surface area contributed by atoms with Crippen LogP contribution in [0.15, 0.2) is 52.4 Å². The highest BCUT2D eigenvalue weighted by Crippen LogP contribution is 2.24. The molecule has 0 atom stereocenters. The van der Waals surface area contributed by atoms with E-state index in [4.69, 9.17) is 28.9 Å². The normalized spacial score (nSPS) is 10.9. The minimum Gasteiger partial charge on any atom is -0.369 e. The van der Waals surface area contributed by atoms with E-state index in [1.807, 2.05) is 0 Å². The molecule has 0 spiro atoms. The first-order chi connectivity index (χ1) is 11.5. The van der Waals surface area contributed by atoms with Gasteiger partial charge in [0.2, 0.25) is 5.91 Å². The largest absolute Gasteiger partial charge is 0.369 e. The van der Waals surface area contributed by atoms with Crippen LogP contribution in [0.2, 0.25) is 10.0 Å². The number of carbonyl (C=O) groups excluding carboxylic acids is 1. The molecule has 3 aromatic rings. The molecule has 0 saturated carbocycles. The Morgan fingerprint density at radius 2 is 1.92 bits per heavy atom. The van der Waals surface area contributed by atoms with Gasteiger partial charge >= 0.3 is 0 Å². The number of rotatable bonds is 4. The van der Waals surface area contributed by atoms with E-state index in [1.54, 1.807) is 42.5 Å². The number of primary amides is 1. The summed E-state index contributed by atoms with van der Waals surface area (Å²) in [5.74, 6) is -0.503. The van der Waals surface area contributed by atoms with Crippen molar-refractivity contribution in [2.24, 2.45) is 5.73 Å². The fourth-order valence-corrected chi connectivity index (χ4v) is 3.32. The molecule has 0 fully saturated rings. The average molecular weight is 380 g/mol. The third-order valence-electron chi connectivity index (χ3n) is 3.21. The Kier molecular flexibility index (Phi) is 4.80. The van der Waals surface area contributed by atoms with Crippen LogP contribution in [0, 0.1) is 0 Å². The Morgan fingerprint density at radius 1 is 1.17 bits per heavy atom. The lowest BCUT2D eigenvalue weighted by molar-refractivity contribution is -0.115. The van der Waals surface area contributed by atoms with Crippen molar-refractivity contribution in [2.45, 2.75) is 5.16 Å². The lowest BCUT2D eigenvalue weighted by Crippen LogP contribution is -2.23. The number of hydrogen-bond donors (Lipinski definition) is 1. The van der Waals surface area contributed by atoms with Crippen molar-refractivity contribution >= 4 is 51.8 Å². The zero-order chi connectivity index (χ0) is 17.3.